The van der Waals surface area contributed by atoms with Crippen LogP contribution >= 0.6 is 0 Å². The molecular weight excluding hydrogens is 370 g/mol. The number of nitrogens with one attached hydrogen (secondary N) is 1. The molecule has 150 valence electrons. The van der Waals surface area contributed by atoms with Gasteiger partial charge in [-0.05, 0) is 37.1 Å². The third-order valence-corrected chi connectivity index (χ3v) is 4.79. The average Bonchev–Trinajstić information content (AvgIpc) is 2.67. The maximum absolute atomic E-state index is 12.1. The van der Waals surface area contributed by atoms with Crippen LogP contribution in [-0.2, 0) is 9.59 Å². The van der Waals surface area contributed by atoms with Gasteiger partial charge in [0.05, 0.1) is 6.54 Å². The van der Waals surface area contributed by atoms with Gasteiger partial charge in [0, 0.05) is 35.8 Å². The largest absolute Gasteiger partial charge is 0.423 e. The van der Waals surface area contributed by atoms with E-state index >= 15 is 0 Å². The fourth-order valence-corrected chi connectivity index (χ4v) is 3.15. The van der Waals surface area contributed by atoms with Gasteiger partial charge in [0.15, 0.2) is 0 Å². The zero-order valence-corrected chi connectivity index (χ0v) is 16.6. The summed E-state index contributed by atoms with van der Waals surface area (Å²) in [6.07, 6.45) is 0. The minimum atomic E-state index is -0.748. The summed E-state index contributed by atoms with van der Waals surface area (Å²) in [5.41, 5.74) is 8.68. The van der Waals surface area contributed by atoms with Gasteiger partial charge in [-0.2, -0.15) is 0 Å². The number of primary amides is 1. The van der Waals surface area contributed by atoms with Crippen molar-refractivity contribution in [3.8, 4) is 11.1 Å². The summed E-state index contributed by atoms with van der Waals surface area (Å²) in [4.78, 5) is 37.0. The molecule has 0 aliphatic carbocycles. The van der Waals surface area contributed by atoms with Crippen LogP contribution in [0.25, 0.3) is 22.1 Å². The Labute approximate surface area is 168 Å². The maximum atomic E-state index is 12.1. The summed E-state index contributed by atoms with van der Waals surface area (Å²) < 4.78 is 5.41. The number of carbonyl (C=O) groups is 2. The minimum Gasteiger partial charge on any atom is -0.423 e. The number of nitrogens with zero attached hydrogens (tertiary/aromatic N) is 1. The van der Waals surface area contributed by atoms with E-state index in [1.165, 1.54) is 13.0 Å². The third-order valence-electron chi connectivity index (χ3n) is 4.79. The van der Waals surface area contributed by atoms with Crippen LogP contribution in [-0.4, -0.2) is 31.4 Å². The minimum absolute atomic E-state index is 0.0187. The molecule has 7 nitrogen and oxygen atoms in total. The van der Waals surface area contributed by atoms with Gasteiger partial charge < -0.3 is 20.4 Å². The number of amides is 2. The molecule has 3 aromatic rings. The van der Waals surface area contributed by atoms with Crippen LogP contribution in [0.1, 0.15) is 12.5 Å². The highest BCUT2D eigenvalue weighted by atomic mass is 16.4. The van der Waals surface area contributed by atoms with E-state index in [1.807, 2.05) is 43.3 Å². The third kappa shape index (κ3) is 4.45. The van der Waals surface area contributed by atoms with Crippen LogP contribution in [0.2, 0.25) is 0 Å². The van der Waals surface area contributed by atoms with Crippen LogP contribution in [0.3, 0.4) is 0 Å². The highest BCUT2D eigenvalue weighted by Crippen LogP contribution is 2.31. The number of hydrogen-bond acceptors (Lipinski definition) is 5. The standard InChI is InChI=1S/C22H23N3O4/c1-13-6-4-5-7-16(13)18-11-21(27)29-19-10-15(8-9-17(18)19)25(3)12-20(26)24-14(2)22(23)28/h4-11,14H,12H2,1-3H3,(H2,23,28)(H,24,26)/t14-/m1/s1. The fraction of sp³-hybridized carbons (Fsp3) is 0.227. The Balaban J connectivity index is 1.93. The lowest BCUT2D eigenvalue weighted by Gasteiger charge is -2.20. The molecule has 2 aromatic carbocycles. The van der Waals surface area contributed by atoms with Crippen molar-refractivity contribution < 1.29 is 14.0 Å². The SMILES string of the molecule is Cc1ccccc1-c1cc(=O)oc2cc(N(C)CC(=O)N[C@H](C)C(N)=O)ccc12. The second kappa shape index (κ2) is 8.18. The van der Waals surface area contributed by atoms with E-state index in [-0.39, 0.29) is 12.5 Å². The van der Waals surface area contributed by atoms with E-state index in [2.05, 4.69) is 5.32 Å². The normalized spacial score (nSPS) is 11.8. The zero-order valence-electron chi connectivity index (χ0n) is 16.6. The fourth-order valence-electron chi connectivity index (χ4n) is 3.15. The molecule has 1 atom stereocenters. The van der Waals surface area contributed by atoms with Crippen LogP contribution in [0.15, 0.2) is 57.7 Å². The number of anilines is 1. The smallest absolute Gasteiger partial charge is 0.336 e. The van der Waals surface area contributed by atoms with Gasteiger partial charge in [-0.1, -0.05) is 24.3 Å². The molecule has 29 heavy (non-hydrogen) atoms. The maximum Gasteiger partial charge on any atom is 0.336 e. The number of nitrogens with two attached hydrogens (primary N) is 1. The Morgan fingerprint density at radius 2 is 1.86 bits per heavy atom. The van der Waals surface area contributed by atoms with Crippen molar-refractivity contribution >= 4 is 28.5 Å². The summed E-state index contributed by atoms with van der Waals surface area (Å²) in [6.45, 7) is 3.53. The first-order valence-corrected chi connectivity index (χ1v) is 9.20. The van der Waals surface area contributed by atoms with E-state index in [0.29, 0.717) is 11.3 Å². The Hall–Kier alpha value is -3.61. The topological polar surface area (TPSA) is 106 Å². The quantitative estimate of drug-likeness (QED) is 0.625. The second-order valence-corrected chi connectivity index (χ2v) is 7.02. The van der Waals surface area contributed by atoms with E-state index in [4.69, 9.17) is 10.2 Å². The monoisotopic (exact) mass is 393 g/mol. The summed E-state index contributed by atoms with van der Waals surface area (Å²) in [5, 5.41) is 3.34. The predicted octanol–water partition coefficient (Wildman–Crippen LogP) is 2.19. The van der Waals surface area contributed by atoms with E-state index < -0.39 is 17.6 Å². The number of rotatable bonds is 6. The number of hydrogen-bond donors (Lipinski definition) is 2. The first-order valence-electron chi connectivity index (χ1n) is 9.20. The van der Waals surface area contributed by atoms with E-state index in [1.54, 1.807) is 18.0 Å². The molecule has 0 aliphatic rings. The first-order chi connectivity index (χ1) is 13.8. The van der Waals surface area contributed by atoms with Gasteiger partial charge in [-0.25, -0.2) is 4.79 Å². The molecule has 3 rings (SSSR count). The molecule has 0 fully saturated rings. The Morgan fingerprint density at radius 3 is 2.55 bits per heavy atom. The van der Waals surface area contributed by atoms with Gasteiger partial charge in [0.1, 0.15) is 11.6 Å². The Bertz CT molecular complexity index is 1140. The molecule has 0 aliphatic heterocycles. The van der Waals surface area contributed by atoms with Crippen molar-refractivity contribution in [1.29, 1.82) is 0 Å². The van der Waals surface area contributed by atoms with Gasteiger partial charge in [-0.15, -0.1) is 0 Å². The predicted molar refractivity (Wildman–Crippen MR) is 113 cm³/mol. The molecule has 7 heteroatoms. The average molecular weight is 393 g/mol. The lowest BCUT2D eigenvalue weighted by atomic mass is 9.98. The van der Waals surface area contributed by atoms with Crippen LogP contribution in [0.4, 0.5) is 5.69 Å². The van der Waals surface area contributed by atoms with E-state index in [9.17, 15) is 14.4 Å². The van der Waals surface area contributed by atoms with Crippen molar-refractivity contribution in [2.45, 2.75) is 19.9 Å². The number of carbonyl (C=O) groups excluding carboxylic acids is 2. The first kappa shape index (κ1) is 20.1. The highest BCUT2D eigenvalue weighted by molar-refractivity contribution is 5.96. The van der Waals surface area contributed by atoms with Crippen molar-refractivity contribution in [3.05, 3.63) is 64.5 Å². The molecule has 1 heterocycles. The van der Waals surface area contributed by atoms with Gasteiger partial charge in [0.25, 0.3) is 0 Å². The van der Waals surface area contributed by atoms with Crippen molar-refractivity contribution in [2.75, 3.05) is 18.5 Å². The number of aryl methyl sites for hydroxylation is 1. The molecule has 0 saturated carbocycles. The van der Waals surface area contributed by atoms with E-state index in [0.717, 1.165) is 22.1 Å². The Kier molecular flexibility index (Phi) is 5.68. The molecular formula is C22H23N3O4. The second-order valence-electron chi connectivity index (χ2n) is 7.02. The summed E-state index contributed by atoms with van der Waals surface area (Å²) in [5.74, 6) is -0.939. The van der Waals surface area contributed by atoms with Gasteiger partial charge in [0.2, 0.25) is 11.8 Å². The van der Waals surface area contributed by atoms with Gasteiger partial charge in [-0.3, -0.25) is 9.59 Å². The number of benzene rings is 2. The highest BCUT2D eigenvalue weighted by Gasteiger charge is 2.15. The van der Waals surface area contributed by atoms with Crippen LogP contribution in [0, 0.1) is 6.92 Å². The molecule has 1 aromatic heterocycles. The lowest BCUT2D eigenvalue weighted by Crippen LogP contribution is -2.45. The number of likely N-dealkylation sites (N-methyl/N-ethyl adjacent to an activating group) is 1. The van der Waals surface area contributed by atoms with Crippen molar-refractivity contribution in [1.82, 2.24) is 5.32 Å². The van der Waals surface area contributed by atoms with Crippen molar-refractivity contribution in [2.24, 2.45) is 5.73 Å². The van der Waals surface area contributed by atoms with Crippen LogP contribution in [0.5, 0.6) is 0 Å². The lowest BCUT2D eigenvalue weighted by molar-refractivity contribution is -0.126. The molecule has 0 spiro atoms. The summed E-state index contributed by atoms with van der Waals surface area (Å²) in [7, 11) is 1.74. The summed E-state index contributed by atoms with van der Waals surface area (Å²) in [6, 6.07) is 14.0. The van der Waals surface area contributed by atoms with Crippen LogP contribution < -0.4 is 21.6 Å². The molecule has 0 unspecified atom stereocenters. The molecule has 2 amide bonds. The Morgan fingerprint density at radius 1 is 1.14 bits per heavy atom. The number of fused-ring (bicyclic) bond motifs is 1. The molecule has 0 bridgehead atoms. The zero-order chi connectivity index (χ0) is 21.1. The summed E-state index contributed by atoms with van der Waals surface area (Å²) >= 11 is 0. The molecule has 0 radical (unpaired) electrons. The molecule has 0 saturated heterocycles. The van der Waals surface area contributed by atoms with Crippen molar-refractivity contribution in [3.63, 3.8) is 0 Å². The molecule has 3 N–H and O–H groups in total. The van der Waals surface area contributed by atoms with Gasteiger partial charge >= 0.3 is 5.63 Å².